The SMILES string of the molecule is COc1ccc(Cl)cc1-c1ccc(C(=O)Nc2ccc3cccnc3c2)cc1. The van der Waals surface area contributed by atoms with Gasteiger partial charge in [0.25, 0.3) is 5.91 Å². The van der Waals surface area contributed by atoms with Crippen LogP contribution in [0.5, 0.6) is 5.75 Å². The third-order valence-corrected chi connectivity index (χ3v) is 4.72. The maximum atomic E-state index is 12.6. The Bertz CT molecular complexity index is 1160. The first-order valence-electron chi connectivity index (χ1n) is 8.74. The van der Waals surface area contributed by atoms with Crippen LogP contribution in [0.1, 0.15) is 10.4 Å². The second-order valence-electron chi connectivity index (χ2n) is 6.29. The second-order valence-corrected chi connectivity index (χ2v) is 6.72. The minimum absolute atomic E-state index is 0.181. The summed E-state index contributed by atoms with van der Waals surface area (Å²) in [7, 11) is 1.62. The number of carbonyl (C=O) groups excluding carboxylic acids is 1. The smallest absolute Gasteiger partial charge is 0.255 e. The van der Waals surface area contributed by atoms with Crippen molar-refractivity contribution in [1.29, 1.82) is 0 Å². The van der Waals surface area contributed by atoms with Gasteiger partial charge in [-0.15, -0.1) is 0 Å². The number of benzene rings is 3. The molecule has 0 aliphatic heterocycles. The van der Waals surface area contributed by atoms with E-state index in [1.165, 1.54) is 0 Å². The topological polar surface area (TPSA) is 51.2 Å². The summed E-state index contributed by atoms with van der Waals surface area (Å²) in [6.07, 6.45) is 1.73. The quantitative estimate of drug-likeness (QED) is 0.479. The minimum Gasteiger partial charge on any atom is -0.496 e. The van der Waals surface area contributed by atoms with Crippen LogP contribution in [-0.4, -0.2) is 18.0 Å². The highest BCUT2D eigenvalue weighted by Gasteiger charge is 2.10. The molecule has 0 spiro atoms. The largest absolute Gasteiger partial charge is 0.496 e. The van der Waals surface area contributed by atoms with E-state index in [4.69, 9.17) is 16.3 Å². The fourth-order valence-electron chi connectivity index (χ4n) is 3.05. The number of rotatable bonds is 4. The van der Waals surface area contributed by atoms with Crippen molar-refractivity contribution in [3.05, 3.63) is 89.6 Å². The van der Waals surface area contributed by atoms with Crippen molar-refractivity contribution in [2.24, 2.45) is 0 Å². The number of hydrogen-bond acceptors (Lipinski definition) is 3. The monoisotopic (exact) mass is 388 g/mol. The van der Waals surface area contributed by atoms with Gasteiger partial charge in [0.2, 0.25) is 0 Å². The highest BCUT2D eigenvalue weighted by atomic mass is 35.5. The summed E-state index contributed by atoms with van der Waals surface area (Å²) < 4.78 is 5.40. The molecule has 0 aliphatic carbocycles. The molecule has 4 aromatic rings. The molecule has 0 radical (unpaired) electrons. The van der Waals surface area contributed by atoms with Crippen LogP contribution in [0.3, 0.4) is 0 Å². The number of carbonyl (C=O) groups is 1. The van der Waals surface area contributed by atoms with Crippen LogP contribution in [0.4, 0.5) is 5.69 Å². The van der Waals surface area contributed by atoms with Crippen molar-refractivity contribution in [3.8, 4) is 16.9 Å². The molecule has 0 saturated carbocycles. The van der Waals surface area contributed by atoms with Gasteiger partial charge in [-0.25, -0.2) is 0 Å². The Morgan fingerprint density at radius 3 is 2.61 bits per heavy atom. The molecular weight excluding hydrogens is 372 g/mol. The zero-order valence-corrected chi connectivity index (χ0v) is 15.9. The van der Waals surface area contributed by atoms with Crippen LogP contribution in [0.25, 0.3) is 22.0 Å². The third kappa shape index (κ3) is 3.68. The van der Waals surface area contributed by atoms with E-state index >= 15 is 0 Å². The van der Waals surface area contributed by atoms with Crippen LogP contribution < -0.4 is 10.1 Å². The summed E-state index contributed by atoms with van der Waals surface area (Å²) in [5.74, 6) is 0.546. The molecule has 1 aromatic heterocycles. The zero-order chi connectivity index (χ0) is 19.5. The third-order valence-electron chi connectivity index (χ3n) is 4.48. The molecule has 1 heterocycles. The summed E-state index contributed by atoms with van der Waals surface area (Å²) in [5, 5.41) is 4.57. The molecule has 4 rings (SSSR count). The fourth-order valence-corrected chi connectivity index (χ4v) is 3.23. The Balaban J connectivity index is 1.56. The molecule has 0 unspecified atom stereocenters. The molecule has 0 fully saturated rings. The zero-order valence-electron chi connectivity index (χ0n) is 15.1. The first kappa shape index (κ1) is 18.0. The number of pyridine rings is 1. The Kier molecular flexibility index (Phi) is 4.96. The van der Waals surface area contributed by atoms with Gasteiger partial charge < -0.3 is 10.1 Å². The number of nitrogens with one attached hydrogen (secondary N) is 1. The van der Waals surface area contributed by atoms with Crippen LogP contribution in [0.2, 0.25) is 5.02 Å². The first-order chi connectivity index (χ1) is 13.6. The Labute approximate surface area is 167 Å². The van der Waals surface area contributed by atoms with E-state index < -0.39 is 0 Å². The summed E-state index contributed by atoms with van der Waals surface area (Å²) in [4.78, 5) is 16.9. The van der Waals surface area contributed by atoms with Crippen molar-refractivity contribution >= 4 is 34.1 Å². The number of ether oxygens (including phenoxy) is 1. The van der Waals surface area contributed by atoms with Crippen molar-refractivity contribution in [2.75, 3.05) is 12.4 Å². The summed E-state index contributed by atoms with van der Waals surface area (Å²) in [6, 6.07) is 22.3. The van der Waals surface area contributed by atoms with Gasteiger partial charge in [0.05, 0.1) is 12.6 Å². The van der Waals surface area contributed by atoms with Gasteiger partial charge in [-0.2, -0.15) is 0 Å². The summed E-state index contributed by atoms with van der Waals surface area (Å²) >= 11 is 6.11. The van der Waals surface area contributed by atoms with E-state index in [1.54, 1.807) is 31.5 Å². The lowest BCUT2D eigenvalue weighted by Gasteiger charge is -2.10. The molecule has 0 atom stereocenters. The van der Waals surface area contributed by atoms with E-state index in [2.05, 4.69) is 10.3 Å². The maximum absolute atomic E-state index is 12.6. The number of fused-ring (bicyclic) bond motifs is 1. The van der Waals surface area contributed by atoms with E-state index in [0.717, 1.165) is 27.8 Å². The number of hydrogen-bond donors (Lipinski definition) is 1. The standard InChI is InChI=1S/C23H17ClN2O2/c1-28-22-11-9-18(24)13-20(22)15-4-6-17(7-5-15)23(27)26-19-10-8-16-3-2-12-25-21(16)14-19/h2-14H,1H3,(H,26,27). The number of amides is 1. The summed E-state index contributed by atoms with van der Waals surface area (Å²) in [5.41, 5.74) is 3.90. The van der Waals surface area contributed by atoms with Gasteiger partial charge in [-0.3, -0.25) is 9.78 Å². The normalized spacial score (nSPS) is 10.6. The van der Waals surface area contributed by atoms with Crippen LogP contribution in [-0.2, 0) is 0 Å². The number of nitrogens with zero attached hydrogens (tertiary/aromatic N) is 1. The van der Waals surface area contributed by atoms with Crippen molar-refractivity contribution in [1.82, 2.24) is 4.98 Å². The molecule has 0 bridgehead atoms. The van der Waals surface area contributed by atoms with Crippen molar-refractivity contribution in [2.45, 2.75) is 0 Å². The number of halogens is 1. The number of aromatic nitrogens is 1. The minimum atomic E-state index is -0.181. The molecule has 5 heteroatoms. The lowest BCUT2D eigenvalue weighted by Crippen LogP contribution is -2.11. The van der Waals surface area contributed by atoms with Gasteiger partial charge in [-0.1, -0.05) is 35.9 Å². The van der Waals surface area contributed by atoms with Crippen LogP contribution in [0, 0.1) is 0 Å². The second kappa shape index (κ2) is 7.71. The van der Waals surface area contributed by atoms with Gasteiger partial charge in [0.1, 0.15) is 5.75 Å². The van der Waals surface area contributed by atoms with Crippen LogP contribution in [0.15, 0.2) is 79.0 Å². The molecule has 3 aromatic carbocycles. The number of methoxy groups -OCH3 is 1. The average Bonchev–Trinajstić information content (AvgIpc) is 2.73. The predicted molar refractivity (Wildman–Crippen MR) is 113 cm³/mol. The maximum Gasteiger partial charge on any atom is 0.255 e. The first-order valence-corrected chi connectivity index (χ1v) is 9.12. The molecular formula is C23H17ClN2O2. The van der Waals surface area contributed by atoms with Gasteiger partial charge >= 0.3 is 0 Å². The molecule has 0 aliphatic rings. The van der Waals surface area contributed by atoms with Crippen molar-refractivity contribution in [3.63, 3.8) is 0 Å². The number of anilines is 1. The molecule has 28 heavy (non-hydrogen) atoms. The average molecular weight is 389 g/mol. The molecule has 1 N–H and O–H groups in total. The molecule has 4 nitrogen and oxygen atoms in total. The Morgan fingerprint density at radius 2 is 1.82 bits per heavy atom. The highest BCUT2D eigenvalue weighted by Crippen LogP contribution is 2.32. The van der Waals surface area contributed by atoms with E-state index in [1.807, 2.05) is 54.6 Å². The molecule has 0 saturated heterocycles. The van der Waals surface area contributed by atoms with Gasteiger partial charge in [0, 0.05) is 33.4 Å². The lowest BCUT2D eigenvalue weighted by molar-refractivity contribution is 0.102. The van der Waals surface area contributed by atoms with E-state index in [-0.39, 0.29) is 5.91 Å². The highest BCUT2D eigenvalue weighted by molar-refractivity contribution is 6.31. The molecule has 138 valence electrons. The predicted octanol–water partition coefficient (Wildman–Crippen LogP) is 5.82. The van der Waals surface area contributed by atoms with Crippen molar-refractivity contribution < 1.29 is 9.53 Å². The molecule has 1 amide bonds. The van der Waals surface area contributed by atoms with Gasteiger partial charge in [-0.05, 0) is 54.1 Å². The van der Waals surface area contributed by atoms with Gasteiger partial charge in [0.15, 0.2) is 0 Å². The summed E-state index contributed by atoms with van der Waals surface area (Å²) in [6.45, 7) is 0. The van der Waals surface area contributed by atoms with E-state index in [9.17, 15) is 4.79 Å². The Hall–Kier alpha value is -3.37. The lowest BCUT2D eigenvalue weighted by atomic mass is 10.0. The van der Waals surface area contributed by atoms with Crippen LogP contribution >= 0.6 is 11.6 Å². The van der Waals surface area contributed by atoms with E-state index in [0.29, 0.717) is 16.3 Å². The Morgan fingerprint density at radius 1 is 1.00 bits per heavy atom. The fraction of sp³-hybridized carbons (Fsp3) is 0.0435.